The SMILES string of the molecule is CC[Si](C)(CCCNC(=N)N)OC(C)(C)C. The molecule has 0 aromatic rings. The van der Waals surface area contributed by atoms with Crippen LogP contribution in [0.5, 0.6) is 0 Å². The Morgan fingerprint density at radius 1 is 1.44 bits per heavy atom. The van der Waals surface area contributed by atoms with Gasteiger partial charge in [-0.3, -0.25) is 5.41 Å². The third-order valence-corrected chi connectivity index (χ3v) is 6.51. The maximum absolute atomic E-state index is 7.06. The second kappa shape index (κ2) is 6.25. The van der Waals surface area contributed by atoms with Crippen molar-refractivity contribution in [2.24, 2.45) is 5.73 Å². The highest BCUT2D eigenvalue weighted by molar-refractivity contribution is 6.72. The fourth-order valence-corrected chi connectivity index (χ4v) is 4.73. The first-order valence-corrected chi connectivity index (χ1v) is 8.79. The van der Waals surface area contributed by atoms with Crippen molar-refractivity contribution >= 4 is 14.3 Å². The minimum absolute atomic E-state index is 0.0506. The zero-order chi connectivity index (χ0) is 12.8. The molecule has 0 heterocycles. The van der Waals surface area contributed by atoms with E-state index in [1.807, 2.05) is 0 Å². The van der Waals surface area contributed by atoms with Crippen molar-refractivity contribution in [3.8, 4) is 0 Å². The molecule has 0 amide bonds. The molecular weight excluding hydrogens is 218 g/mol. The maximum atomic E-state index is 7.06. The summed E-state index contributed by atoms with van der Waals surface area (Å²) in [5, 5.41) is 9.90. The zero-order valence-electron chi connectivity index (χ0n) is 11.3. The van der Waals surface area contributed by atoms with Crippen molar-refractivity contribution in [1.82, 2.24) is 5.32 Å². The van der Waals surface area contributed by atoms with Gasteiger partial charge in [-0.05, 0) is 45.8 Å². The topological polar surface area (TPSA) is 71.1 Å². The Kier molecular flexibility index (Phi) is 6.03. The Morgan fingerprint density at radius 3 is 2.38 bits per heavy atom. The molecule has 0 fully saturated rings. The van der Waals surface area contributed by atoms with Crippen LogP contribution in [0, 0.1) is 5.41 Å². The molecular formula is C11H27N3OSi. The maximum Gasteiger partial charge on any atom is 0.190 e. The summed E-state index contributed by atoms with van der Waals surface area (Å²) in [6.07, 6.45) is 1.02. The first-order valence-electron chi connectivity index (χ1n) is 5.96. The van der Waals surface area contributed by atoms with Crippen LogP contribution in [0.15, 0.2) is 0 Å². The molecule has 0 aliphatic carbocycles. The molecule has 0 saturated heterocycles. The van der Waals surface area contributed by atoms with Crippen LogP contribution in [-0.2, 0) is 4.43 Å². The Hall–Kier alpha value is -0.553. The Labute approximate surface area is 101 Å². The van der Waals surface area contributed by atoms with Crippen molar-refractivity contribution in [2.75, 3.05) is 6.54 Å². The fraction of sp³-hybridized carbons (Fsp3) is 0.909. The first-order chi connectivity index (χ1) is 7.18. The van der Waals surface area contributed by atoms with E-state index in [0.29, 0.717) is 0 Å². The van der Waals surface area contributed by atoms with Gasteiger partial charge in [0, 0.05) is 12.1 Å². The van der Waals surface area contributed by atoms with E-state index in [1.165, 1.54) is 0 Å². The highest BCUT2D eigenvalue weighted by Gasteiger charge is 2.31. The van der Waals surface area contributed by atoms with Crippen molar-refractivity contribution in [2.45, 2.75) is 58.4 Å². The average molecular weight is 245 g/mol. The lowest BCUT2D eigenvalue weighted by Gasteiger charge is -2.34. The molecule has 0 aliphatic rings. The van der Waals surface area contributed by atoms with Crippen LogP contribution in [0.25, 0.3) is 0 Å². The molecule has 96 valence electrons. The predicted octanol–water partition coefficient (Wildman–Crippen LogP) is 2.27. The summed E-state index contributed by atoms with van der Waals surface area (Å²) in [5.74, 6) is 0.0524. The predicted molar refractivity (Wildman–Crippen MR) is 72.3 cm³/mol. The van der Waals surface area contributed by atoms with Gasteiger partial charge in [0.15, 0.2) is 14.3 Å². The Morgan fingerprint density at radius 2 is 2.00 bits per heavy atom. The fourth-order valence-electron chi connectivity index (χ4n) is 1.72. The molecule has 0 rings (SSSR count). The number of guanidine groups is 1. The van der Waals surface area contributed by atoms with E-state index < -0.39 is 8.32 Å². The third kappa shape index (κ3) is 7.70. The monoisotopic (exact) mass is 245 g/mol. The van der Waals surface area contributed by atoms with Crippen molar-refractivity contribution in [3.05, 3.63) is 0 Å². The van der Waals surface area contributed by atoms with Gasteiger partial charge in [-0.25, -0.2) is 0 Å². The van der Waals surface area contributed by atoms with Crippen LogP contribution in [0.3, 0.4) is 0 Å². The van der Waals surface area contributed by atoms with Gasteiger partial charge in [-0.2, -0.15) is 0 Å². The largest absolute Gasteiger partial charge is 0.412 e. The van der Waals surface area contributed by atoms with E-state index in [2.05, 4.69) is 39.6 Å². The minimum atomic E-state index is -1.58. The van der Waals surface area contributed by atoms with Crippen LogP contribution in [0.1, 0.15) is 34.1 Å². The van der Waals surface area contributed by atoms with E-state index in [0.717, 1.165) is 25.1 Å². The molecule has 0 saturated carbocycles. The van der Waals surface area contributed by atoms with E-state index in [1.54, 1.807) is 0 Å². The molecule has 0 aromatic heterocycles. The highest BCUT2D eigenvalue weighted by Crippen LogP contribution is 2.24. The number of hydrogen-bond acceptors (Lipinski definition) is 2. The standard InChI is InChI=1S/C11H27N3OSi/c1-6-16(5,15-11(2,3)4)9-7-8-14-10(12)13/h6-9H2,1-5H3,(H4,12,13,14). The number of rotatable bonds is 6. The van der Waals surface area contributed by atoms with Gasteiger partial charge in [0.25, 0.3) is 0 Å². The summed E-state index contributed by atoms with van der Waals surface area (Å²) in [5.41, 5.74) is 5.18. The van der Waals surface area contributed by atoms with Gasteiger partial charge < -0.3 is 15.5 Å². The lowest BCUT2D eigenvalue weighted by molar-refractivity contribution is 0.118. The highest BCUT2D eigenvalue weighted by atomic mass is 28.4. The molecule has 0 aliphatic heterocycles. The summed E-state index contributed by atoms with van der Waals surface area (Å²) >= 11 is 0. The molecule has 0 radical (unpaired) electrons. The van der Waals surface area contributed by atoms with Gasteiger partial charge in [0.2, 0.25) is 0 Å². The summed E-state index contributed by atoms with van der Waals surface area (Å²) in [7, 11) is -1.58. The molecule has 1 atom stereocenters. The van der Waals surface area contributed by atoms with E-state index in [4.69, 9.17) is 15.6 Å². The van der Waals surface area contributed by atoms with Gasteiger partial charge in [-0.1, -0.05) is 6.92 Å². The summed E-state index contributed by atoms with van der Waals surface area (Å²) in [6, 6.07) is 2.24. The van der Waals surface area contributed by atoms with Gasteiger partial charge in [0.1, 0.15) is 0 Å². The smallest absolute Gasteiger partial charge is 0.190 e. The normalized spacial score (nSPS) is 15.6. The molecule has 16 heavy (non-hydrogen) atoms. The van der Waals surface area contributed by atoms with Crippen LogP contribution in [0.4, 0.5) is 0 Å². The van der Waals surface area contributed by atoms with Crippen molar-refractivity contribution < 1.29 is 4.43 Å². The minimum Gasteiger partial charge on any atom is -0.412 e. The summed E-state index contributed by atoms with van der Waals surface area (Å²) < 4.78 is 6.21. The second-order valence-corrected chi connectivity index (χ2v) is 9.77. The summed E-state index contributed by atoms with van der Waals surface area (Å²) in [6.45, 7) is 11.6. The van der Waals surface area contributed by atoms with Crippen molar-refractivity contribution in [3.63, 3.8) is 0 Å². The Bertz CT molecular complexity index is 228. The van der Waals surface area contributed by atoms with E-state index in [-0.39, 0.29) is 11.6 Å². The molecule has 0 bridgehead atoms. The Balaban J connectivity index is 4.02. The van der Waals surface area contributed by atoms with Crippen LogP contribution in [-0.4, -0.2) is 26.4 Å². The average Bonchev–Trinajstić information content (AvgIpc) is 2.09. The lowest BCUT2D eigenvalue weighted by atomic mass is 10.2. The van der Waals surface area contributed by atoms with Crippen LogP contribution >= 0.6 is 0 Å². The van der Waals surface area contributed by atoms with Gasteiger partial charge >= 0.3 is 0 Å². The van der Waals surface area contributed by atoms with Crippen LogP contribution in [0.2, 0.25) is 18.6 Å². The zero-order valence-corrected chi connectivity index (χ0v) is 12.3. The van der Waals surface area contributed by atoms with Gasteiger partial charge in [0.05, 0.1) is 0 Å². The van der Waals surface area contributed by atoms with Crippen LogP contribution < -0.4 is 11.1 Å². The first kappa shape index (κ1) is 15.4. The van der Waals surface area contributed by atoms with E-state index in [9.17, 15) is 0 Å². The van der Waals surface area contributed by atoms with Crippen molar-refractivity contribution in [1.29, 1.82) is 5.41 Å². The molecule has 0 aromatic carbocycles. The second-order valence-electron chi connectivity index (χ2n) is 5.46. The quantitative estimate of drug-likeness (QED) is 0.291. The number of nitrogens with one attached hydrogen (secondary N) is 2. The molecule has 5 heteroatoms. The molecule has 0 spiro atoms. The summed E-state index contributed by atoms with van der Waals surface area (Å²) in [4.78, 5) is 0. The third-order valence-electron chi connectivity index (χ3n) is 2.50. The van der Waals surface area contributed by atoms with Gasteiger partial charge in [-0.15, -0.1) is 0 Å². The molecule has 4 N–H and O–H groups in total. The molecule has 1 unspecified atom stereocenters. The lowest BCUT2D eigenvalue weighted by Crippen LogP contribution is -2.42. The number of hydrogen-bond donors (Lipinski definition) is 3. The molecule has 4 nitrogen and oxygen atoms in total. The number of nitrogens with two attached hydrogens (primary N) is 1. The van der Waals surface area contributed by atoms with E-state index >= 15 is 0 Å².